The first kappa shape index (κ1) is 12.9. The van der Waals surface area contributed by atoms with Crippen molar-refractivity contribution in [3.8, 4) is 0 Å². The van der Waals surface area contributed by atoms with Crippen molar-refractivity contribution in [2.24, 2.45) is 5.41 Å². The van der Waals surface area contributed by atoms with Gasteiger partial charge >= 0.3 is 0 Å². The Morgan fingerprint density at radius 2 is 1.54 bits per heavy atom. The molecular weight excluding hydrogens is 162 g/mol. The smallest absolute Gasteiger partial charge is 0.0594 e. The molecule has 0 saturated carbocycles. The van der Waals surface area contributed by atoms with Gasteiger partial charge in [-0.15, -0.1) is 0 Å². The van der Waals surface area contributed by atoms with Gasteiger partial charge in [0.2, 0.25) is 0 Å². The molecule has 0 bridgehead atoms. The van der Waals surface area contributed by atoms with E-state index in [9.17, 15) is 0 Å². The summed E-state index contributed by atoms with van der Waals surface area (Å²) >= 11 is 0. The molecule has 0 spiro atoms. The van der Waals surface area contributed by atoms with Crippen LogP contribution in [0, 0.1) is 5.41 Å². The Labute approximate surface area is 83.3 Å². The lowest BCUT2D eigenvalue weighted by Gasteiger charge is -2.21. The summed E-state index contributed by atoms with van der Waals surface area (Å²) in [5.41, 5.74) is 0.542. The molecule has 0 aromatic heterocycles. The lowest BCUT2D eigenvalue weighted by atomic mass is 9.94. The van der Waals surface area contributed by atoms with Crippen LogP contribution in [0.3, 0.4) is 0 Å². The summed E-state index contributed by atoms with van der Waals surface area (Å²) in [4.78, 5) is 2.27. The van der Waals surface area contributed by atoms with E-state index in [4.69, 9.17) is 4.74 Å². The molecule has 1 aliphatic rings. The van der Waals surface area contributed by atoms with Crippen LogP contribution < -0.4 is 0 Å². The molecule has 2 nitrogen and oxygen atoms in total. The quantitative estimate of drug-likeness (QED) is 0.577. The van der Waals surface area contributed by atoms with Crippen molar-refractivity contribution < 1.29 is 4.74 Å². The van der Waals surface area contributed by atoms with Crippen LogP contribution in [0.2, 0.25) is 0 Å². The molecule has 0 aromatic carbocycles. The first-order valence-corrected chi connectivity index (χ1v) is 5.22. The zero-order valence-electron chi connectivity index (χ0n) is 9.89. The Morgan fingerprint density at radius 1 is 1.15 bits per heavy atom. The number of hydrogen-bond donors (Lipinski definition) is 0. The highest BCUT2D eigenvalue weighted by atomic mass is 16.5. The normalized spacial score (nSPS) is 19.2. The fourth-order valence-electron chi connectivity index (χ4n) is 0.655. The average molecular weight is 187 g/mol. The number of rotatable bonds is 0. The summed E-state index contributed by atoms with van der Waals surface area (Å²) in [6.45, 7) is 13.0. The van der Waals surface area contributed by atoms with E-state index in [1.54, 1.807) is 0 Å². The molecule has 2 heteroatoms. The zero-order valence-corrected chi connectivity index (χ0v) is 9.89. The fraction of sp³-hybridized carbons (Fsp3) is 1.00. The number of nitrogens with zero attached hydrogens (tertiary/aromatic N) is 1. The van der Waals surface area contributed by atoms with Crippen LogP contribution in [-0.2, 0) is 4.74 Å². The Hall–Kier alpha value is -0.0800. The van der Waals surface area contributed by atoms with Gasteiger partial charge in [0.1, 0.15) is 0 Å². The number of morpholine rings is 1. The molecule has 0 aliphatic carbocycles. The van der Waals surface area contributed by atoms with Crippen LogP contribution in [0.25, 0.3) is 0 Å². The zero-order chi connectivity index (χ0) is 10.3. The maximum absolute atomic E-state index is 5.10. The van der Waals surface area contributed by atoms with Crippen LogP contribution in [-0.4, -0.2) is 38.3 Å². The lowest BCUT2D eigenvalue weighted by Crippen LogP contribution is -2.32. The molecule has 0 N–H and O–H groups in total. The third-order valence-electron chi connectivity index (χ3n) is 2.30. The summed E-state index contributed by atoms with van der Waals surface area (Å²) in [6.07, 6.45) is 1.27. The molecule has 80 valence electrons. The van der Waals surface area contributed by atoms with Crippen molar-refractivity contribution in [1.82, 2.24) is 4.90 Å². The molecule has 0 aromatic rings. The van der Waals surface area contributed by atoms with Gasteiger partial charge in [0.05, 0.1) is 13.2 Å². The third kappa shape index (κ3) is 9.84. The molecule has 0 unspecified atom stereocenters. The van der Waals surface area contributed by atoms with Crippen LogP contribution >= 0.6 is 0 Å². The predicted molar refractivity (Wildman–Crippen MR) is 58.1 cm³/mol. The second kappa shape index (κ2) is 6.39. The molecule has 1 rings (SSSR count). The van der Waals surface area contributed by atoms with E-state index in [2.05, 4.69) is 39.6 Å². The standard InChI is InChI=1S/C6H14.C5H11NO/c1-5-6(2,3)4;1-6-2-4-7-5-3-6/h5H2,1-4H3;2-5H2,1H3. The monoisotopic (exact) mass is 187 g/mol. The molecule has 1 fully saturated rings. The van der Waals surface area contributed by atoms with Crippen molar-refractivity contribution >= 4 is 0 Å². The second-order valence-electron chi connectivity index (χ2n) is 4.83. The van der Waals surface area contributed by atoms with E-state index in [0.717, 1.165) is 26.3 Å². The van der Waals surface area contributed by atoms with Gasteiger partial charge in [0, 0.05) is 13.1 Å². The maximum Gasteiger partial charge on any atom is 0.0594 e. The van der Waals surface area contributed by atoms with Crippen molar-refractivity contribution in [2.45, 2.75) is 34.1 Å². The van der Waals surface area contributed by atoms with Gasteiger partial charge in [-0.1, -0.05) is 34.1 Å². The van der Waals surface area contributed by atoms with E-state index >= 15 is 0 Å². The first-order chi connectivity index (χ1) is 5.95. The Morgan fingerprint density at radius 3 is 1.69 bits per heavy atom. The minimum absolute atomic E-state index is 0.542. The first-order valence-electron chi connectivity index (χ1n) is 5.22. The molecule has 1 aliphatic heterocycles. The molecule has 13 heavy (non-hydrogen) atoms. The fourth-order valence-corrected chi connectivity index (χ4v) is 0.655. The maximum atomic E-state index is 5.10. The summed E-state index contributed by atoms with van der Waals surface area (Å²) in [6, 6.07) is 0. The van der Waals surface area contributed by atoms with E-state index in [1.165, 1.54) is 6.42 Å². The molecule has 1 saturated heterocycles. The minimum Gasteiger partial charge on any atom is -0.379 e. The van der Waals surface area contributed by atoms with E-state index in [0.29, 0.717) is 5.41 Å². The molecule has 0 amide bonds. The number of likely N-dealkylation sites (N-methyl/N-ethyl adjacent to an activating group) is 1. The minimum atomic E-state index is 0.542. The van der Waals surface area contributed by atoms with Crippen LogP contribution in [0.4, 0.5) is 0 Å². The Bertz CT molecular complexity index is 112. The van der Waals surface area contributed by atoms with Crippen LogP contribution in [0.5, 0.6) is 0 Å². The SMILES string of the molecule is CCC(C)(C)C.CN1CCOCC1. The highest BCUT2D eigenvalue weighted by molar-refractivity contribution is 4.55. The van der Waals surface area contributed by atoms with Crippen LogP contribution in [0.1, 0.15) is 34.1 Å². The van der Waals surface area contributed by atoms with Gasteiger partial charge in [0.15, 0.2) is 0 Å². The largest absolute Gasteiger partial charge is 0.379 e. The summed E-state index contributed by atoms with van der Waals surface area (Å²) in [5.74, 6) is 0. The summed E-state index contributed by atoms with van der Waals surface area (Å²) in [5, 5.41) is 0. The van der Waals surface area contributed by atoms with Gasteiger partial charge in [-0.2, -0.15) is 0 Å². The van der Waals surface area contributed by atoms with Crippen molar-refractivity contribution in [1.29, 1.82) is 0 Å². The average Bonchev–Trinajstić information content (AvgIpc) is 2.06. The van der Waals surface area contributed by atoms with Crippen LogP contribution in [0.15, 0.2) is 0 Å². The van der Waals surface area contributed by atoms with Crippen molar-refractivity contribution in [3.05, 3.63) is 0 Å². The van der Waals surface area contributed by atoms with Crippen molar-refractivity contribution in [2.75, 3.05) is 33.4 Å². The molecule has 0 atom stereocenters. The molecule has 1 heterocycles. The van der Waals surface area contributed by atoms with Gasteiger partial charge in [-0.05, 0) is 12.5 Å². The third-order valence-corrected chi connectivity index (χ3v) is 2.30. The van der Waals surface area contributed by atoms with Crippen molar-refractivity contribution in [3.63, 3.8) is 0 Å². The van der Waals surface area contributed by atoms with Gasteiger partial charge in [0.25, 0.3) is 0 Å². The van der Waals surface area contributed by atoms with E-state index < -0.39 is 0 Å². The highest BCUT2D eigenvalue weighted by Crippen LogP contribution is 2.16. The van der Waals surface area contributed by atoms with Gasteiger partial charge in [-0.25, -0.2) is 0 Å². The lowest BCUT2D eigenvalue weighted by molar-refractivity contribution is 0.0503. The summed E-state index contributed by atoms with van der Waals surface area (Å²) in [7, 11) is 2.11. The molecular formula is C11H25NO. The van der Waals surface area contributed by atoms with Gasteiger partial charge < -0.3 is 9.64 Å². The topological polar surface area (TPSA) is 12.5 Å². The Balaban J connectivity index is 0.000000226. The Kier molecular flexibility index (Phi) is 6.35. The summed E-state index contributed by atoms with van der Waals surface area (Å²) < 4.78 is 5.10. The van der Waals surface area contributed by atoms with E-state index in [1.807, 2.05) is 0 Å². The second-order valence-corrected chi connectivity index (χ2v) is 4.83. The molecule has 0 radical (unpaired) electrons. The number of ether oxygens (including phenoxy) is 1. The van der Waals surface area contributed by atoms with Gasteiger partial charge in [-0.3, -0.25) is 0 Å². The highest BCUT2D eigenvalue weighted by Gasteiger charge is 2.03. The van der Waals surface area contributed by atoms with E-state index in [-0.39, 0.29) is 0 Å². The predicted octanol–water partition coefficient (Wildman–Crippen LogP) is 2.39. The number of hydrogen-bond acceptors (Lipinski definition) is 2.